The summed E-state index contributed by atoms with van der Waals surface area (Å²) < 4.78 is 9.04. The summed E-state index contributed by atoms with van der Waals surface area (Å²) in [5.41, 5.74) is 0. The second-order valence-electron chi connectivity index (χ2n) is 6.16. The molecule has 10 heteroatoms. The summed E-state index contributed by atoms with van der Waals surface area (Å²) in [6.45, 7) is 1.91. The Morgan fingerprint density at radius 1 is 0.893 bits per heavy atom. The number of aliphatic carboxylic acids is 1. The van der Waals surface area contributed by atoms with Gasteiger partial charge in [-0.3, -0.25) is 24.0 Å². The van der Waals surface area contributed by atoms with Crippen molar-refractivity contribution >= 4 is 29.7 Å². The van der Waals surface area contributed by atoms with Crippen LogP contribution in [0.4, 0.5) is 0 Å². The first kappa shape index (κ1) is 25.4. The number of carboxylic acid groups (broad SMARTS) is 1. The molecule has 0 saturated heterocycles. The van der Waals surface area contributed by atoms with Crippen LogP contribution in [0.2, 0.25) is 0 Å². The molecule has 2 N–H and O–H groups in total. The number of carboxylic acids is 1. The maximum Gasteiger partial charge on any atom is 0.305 e. The Morgan fingerprint density at radius 2 is 1.46 bits per heavy atom. The van der Waals surface area contributed by atoms with Crippen molar-refractivity contribution in [2.24, 2.45) is 0 Å². The summed E-state index contributed by atoms with van der Waals surface area (Å²) in [4.78, 5) is 59.0. The molecule has 0 aliphatic carbocycles. The highest BCUT2D eigenvalue weighted by Crippen LogP contribution is 2.09. The first-order valence-corrected chi connectivity index (χ1v) is 9.15. The van der Waals surface area contributed by atoms with E-state index < -0.39 is 23.9 Å². The van der Waals surface area contributed by atoms with E-state index >= 15 is 0 Å². The third-order valence-electron chi connectivity index (χ3n) is 4.04. The monoisotopic (exact) mass is 402 g/mol. The number of methoxy groups -OCH3 is 2. The number of carbonyl (C=O) groups excluding carboxylic acids is 4. The van der Waals surface area contributed by atoms with Crippen LogP contribution in [0, 0.1) is 0 Å². The van der Waals surface area contributed by atoms with Crippen molar-refractivity contribution < 1.29 is 38.6 Å². The number of carbonyl (C=O) groups is 5. The molecule has 0 aliphatic heterocycles. The van der Waals surface area contributed by atoms with Gasteiger partial charge in [0.05, 0.1) is 14.2 Å². The minimum atomic E-state index is -0.988. The van der Waals surface area contributed by atoms with Crippen molar-refractivity contribution in [1.82, 2.24) is 10.2 Å². The highest BCUT2D eigenvalue weighted by molar-refractivity contribution is 5.87. The first-order chi connectivity index (χ1) is 13.2. The van der Waals surface area contributed by atoms with E-state index in [1.807, 2.05) is 0 Å². The van der Waals surface area contributed by atoms with E-state index in [9.17, 15) is 24.0 Å². The van der Waals surface area contributed by atoms with Crippen molar-refractivity contribution in [1.29, 1.82) is 0 Å². The minimum absolute atomic E-state index is 0.0438. The molecule has 0 aromatic rings. The van der Waals surface area contributed by atoms with E-state index in [1.165, 1.54) is 19.1 Å². The van der Waals surface area contributed by atoms with Gasteiger partial charge in [-0.25, -0.2) is 0 Å². The maximum atomic E-state index is 12.5. The lowest BCUT2D eigenvalue weighted by atomic mass is 10.1. The fourth-order valence-corrected chi connectivity index (χ4v) is 2.40. The molecule has 2 amide bonds. The van der Waals surface area contributed by atoms with Gasteiger partial charge in [0.25, 0.3) is 0 Å². The van der Waals surface area contributed by atoms with Crippen LogP contribution in [0.1, 0.15) is 51.9 Å². The number of nitrogens with zero attached hydrogens (tertiary/aromatic N) is 1. The van der Waals surface area contributed by atoms with Crippen molar-refractivity contribution in [2.75, 3.05) is 27.3 Å². The van der Waals surface area contributed by atoms with Crippen LogP contribution in [0.3, 0.4) is 0 Å². The zero-order valence-electron chi connectivity index (χ0n) is 16.7. The van der Waals surface area contributed by atoms with E-state index in [0.717, 1.165) is 0 Å². The Hall–Kier alpha value is -2.65. The lowest BCUT2D eigenvalue weighted by molar-refractivity contribution is -0.143. The predicted molar refractivity (Wildman–Crippen MR) is 98.2 cm³/mol. The Balaban J connectivity index is 4.69. The van der Waals surface area contributed by atoms with Gasteiger partial charge >= 0.3 is 17.9 Å². The van der Waals surface area contributed by atoms with Gasteiger partial charge in [-0.2, -0.15) is 0 Å². The van der Waals surface area contributed by atoms with Gasteiger partial charge in [-0.05, 0) is 26.2 Å². The summed E-state index contributed by atoms with van der Waals surface area (Å²) >= 11 is 0. The van der Waals surface area contributed by atoms with Crippen LogP contribution in [0.5, 0.6) is 0 Å². The Labute approximate surface area is 164 Å². The molecule has 0 bridgehead atoms. The van der Waals surface area contributed by atoms with Crippen molar-refractivity contribution in [3.8, 4) is 0 Å². The van der Waals surface area contributed by atoms with Crippen molar-refractivity contribution in [2.45, 2.75) is 57.9 Å². The molecule has 0 aliphatic rings. The Bertz CT molecular complexity index is 550. The standard InChI is InChI=1S/C18H30N2O8/c1-13(18(26)19-11-5-10-17(25)28-3)20(12-6-8-15(22)23)14(21)7-4-9-16(24)27-2/h13H,4-12H2,1-3H3,(H,19,26)(H,22,23). The van der Waals surface area contributed by atoms with Crippen molar-refractivity contribution in [3.63, 3.8) is 0 Å². The second kappa shape index (κ2) is 14.4. The van der Waals surface area contributed by atoms with Crippen molar-refractivity contribution in [3.05, 3.63) is 0 Å². The summed E-state index contributed by atoms with van der Waals surface area (Å²) in [5, 5.41) is 11.4. The average molecular weight is 402 g/mol. The number of rotatable bonds is 14. The zero-order chi connectivity index (χ0) is 21.5. The highest BCUT2D eigenvalue weighted by Gasteiger charge is 2.25. The second-order valence-corrected chi connectivity index (χ2v) is 6.16. The first-order valence-electron chi connectivity index (χ1n) is 9.15. The van der Waals surface area contributed by atoms with Crippen LogP contribution >= 0.6 is 0 Å². The number of nitrogens with one attached hydrogen (secondary N) is 1. The molecule has 0 rings (SSSR count). The average Bonchev–Trinajstić information content (AvgIpc) is 2.66. The van der Waals surface area contributed by atoms with E-state index in [0.29, 0.717) is 6.42 Å². The molecule has 0 radical (unpaired) electrons. The third kappa shape index (κ3) is 11.1. The molecule has 160 valence electrons. The van der Waals surface area contributed by atoms with Crippen LogP contribution in [-0.2, 0) is 33.4 Å². The molecule has 0 aromatic heterocycles. The molecule has 0 heterocycles. The van der Waals surface area contributed by atoms with Gasteiger partial charge in [-0.1, -0.05) is 0 Å². The summed E-state index contributed by atoms with van der Waals surface area (Å²) in [6.07, 6.45) is 1.05. The van der Waals surface area contributed by atoms with Crippen LogP contribution < -0.4 is 5.32 Å². The number of ether oxygens (including phenoxy) is 2. The fraction of sp³-hybridized carbons (Fsp3) is 0.722. The van der Waals surface area contributed by atoms with E-state index in [2.05, 4.69) is 14.8 Å². The molecule has 28 heavy (non-hydrogen) atoms. The van der Waals surface area contributed by atoms with Gasteiger partial charge < -0.3 is 24.8 Å². The highest BCUT2D eigenvalue weighted by atomic mass is 16.5. The Morgan fingerprint density at radius 3 is 2.00 bits per heavy atom. The molecule has 10 nitrogen and oxygen atoms in total. The molecule has 0 spiro atoms. The van der Waals surface area contributed by atoms with E-state index in [4.69, 9.17) is 5.11 Å². The molecule has 0 fully saturated rings. The third-order valence-corrected chi connectivity index (χ3v) is 4.04. The van der Waals surface area contributed by atoms with Gasteiger partial charge in [0.2, 0.25) is 11.8 Å². The lowest BCUT2D eigenvalue weighted by Crippen LogP contribution is -2.48. The Kier molecular flexibility index (Phi) is 13.0. The number of esters is 2. The molecule has 1 unspecified atom stereocenters. The van der Waals surface area contributed by atoms with Crippen LogP contribution in [0.15, 0.2) is 0 Å². The van der Waals surface area contributed by atoms with Gasteiger partial charge in [0.15, 0.2) is 0 Å². The SMILES string of the molecule is COC(=O)CCCNC(=O)C(C)N(CCCC(=O)O)C(=O)CCCC(=O)OC. The zero-order valence-corrected chi connectivity index (χ0v) is 16.7. The summed E-state index contributed by atoms with van der Waals surface area (Å²) in [5.74, 6) is -2.54. The van der Waals surface area contributed by atoms with E-state index in [1.54, 1.807) is 6.92 Å². The van der Waals surface area contributed by atoms with Crippen LogP contribution in [0.25, 0.3) is 0 Å². The maximum absolute atomic E-state index is 12.5. The van der Waals surface area contributed by atoms with Gasteiger partial charge in [-0.15, -0.1) is 0 Å². The molecular formula is C18H30N2O8. The molecule has 1 atom stereocenters. The fourth-order valence-electron chi connectivity index (χ4n) is 2.40. The van der Waals surface area contributed by atoms with Crippen LogP contribution in [-0.4, -0.2) is 73.1 Å². The summed E-state index contributed by atoms with van der Waals surface area (Å²) in [7, 11) is 2.54. The number of hydrogen-bond donors (Lipinski definition) is 2. The van der Waals surface area contributed by atoms with E-state index in [-0.39, 0.29) is 63.5 Å². The number of amides is 2. The molecule has 0 saturated carbocycles. The molecule has 0 aromatic carbocycles. The topological polar surface area (TPSA) is 139 Å². The predicted octanol–water partition coefficient (Wildman–Crippen LogP) is 0.481. The number of hydrogen-bond acceptors (Lipinski definition) is 7. The quantitative estimate of drug-likeness (QED) is 0.316. The molecular weight excluding hydrogens is 372 g/mol. The largest absolute Gasteiger partial charge is 0.481 e. The van der Waals surface area contributed by atoms with Gasteiger partial charge in [0.1, 0.15) is 6.04 Å². The smallest absolute Gasteiger partial charge is 0.305 e. The normalized spacial score (nSPS) is 11.2. The minimum Gasteiger partial charge on any atom is -0.481 e. The summed E-state index contributed by atoms with van der Waals surface area (Å²) in [6, 6.07) is -0.808. The lowest BCUT2D eigenvalue weighted by Gasteiger charge is -2.28. The van der Waals surface area contributed by atoms with Gasteiger partial charge in [0, 0.05) is 38.8 Å².